The van der Waals surface area contributed by atoms with Crippen molar-refractivity contribution in [3.05, 3.63) is 0 Å². The highest BCUT2D eigenvalue weighted by molar-refractivity contribution is 4.76. The molecule has 2 heteroatoms. The third kappa shape index (κ3) is 3.21. The fourth-order valence-corrected chi connectivity index (χ4v) is 1.51. The third-order valence-electron chi connectivity index (χ3n) is 2.43. The lowest BCUT2D eigenvalue weighted by atomic mass is 10.1. The molecule has 2 atom stereocenters. The summed E-state index contributed by atoms with van der Waals surface area (Å²) >= 11 is 0. The highest BCUT2D eigenvalue weighted by atomic mass is 15.0. The van der Waals surface area contributed by atoms with Gasteiger partial charge in [-0.1, -0.05) is 6.92 Å². The largest absolute Gasteiger partial charge is 0.315 e. The van der Waals surface area contributed by atoms with Gasteiger partial charge in [-0.05, 0) is 32.7 Å². The standard InChI is InChI=1S/C9H20N2/c1-3-8(2)11-9-5-4-6-10-7-9/h8-11H,3-7H2,1-2H3/t8?,9-/m1/s1. The Labute approximate surface area is 69.8 Å². The molecule has 2 nitrogen and oxygen atoms in total. The predicted octanol–water partition coefficient (Wildman–Crippen LogP) is 1.13. The van der Waals surface area contributed by atoms with Crippen LogP contribution in [0.25, 0.3) is 0 Å². The van der Waals surface area contributed by atoms with Gasteiger partial charge in [0.2, 0.25) is 0 Å². The summed E-state index contributed by atoms with van der Waals surface area (Å²) in [6.07, 6.45) is 3.90. The number of rotatable bonds is 3. The van der Waals surface area contributed by atoms with E-state index in [4.69, 9.17) is 0 Å². The maximum Gasteiger partial charge on any atom is 0.0195 e. The van der Waals surface area contributed by atoms with E-state index in [1.807, 2.05) is 0 Å². The summed E-state index contributed by atoms with van der Waals surface area (Å²) < 4.78 is 0. The summed E-state index contributed by atoms with van der Waals surface area (Å²) in [6.45, 7) is 6.85. The normalized spacial score (nSPS) is 28.4. The maximum atomic E-state index is 3.61. The van der Waals surface area contributed by atoms with Crippen LogP contribution >= 0.6 is 0 Å². The smallest absolute Gasteiger partial charge is 0.0195 e. The van der Waals surface area contributed by atoms with Crippen molar-refractivity contribution in [2.45, 2.75) is 45.2 Å². The van der Waals surface area contributed by atoms with Crippen LogP contribution in [0, 0.1) is 0 Å². The molecule has 11 heavy (non-hydrogen) atoms. The van der Waals surface area contributed by atoms with Crippen molar-refractivity contribution in [1.29, 1.82) is 0 Å². The molecule has 1 saturated heterocycles. The van der Waals surface area contributed by atoms with Gasteiger partial charge in [0.05, 0.1) is 0 Å². The van der Waals surface area contributed by atoms with E-state index >= 15 is 0 Å². The molecular weight excluding hydrogens is 136 g/mol. The van der Waals surface area contributed by atoms with Gasteiger partial charge in [0.1, 0.15) is 0 Å². The minimum Gasteiger partial charge on any atom is -0.315 e. The third-order valence-corrected chi connectivity index (χ3v) is 2.43. The Balaban J connectivity index is 2.13. The summed E-state index contributed by atoms with van der Waals surface area (Å²) in [7, 11) is 0. The summed E-state index contributed by atoms with van der Waals surface area (Å²) in [5.41, 5.74) is 0. The Morgan fingerprint density at radius 3 is 3.00 bits per heavy atom. The van der Waals surface area contributed by atoms with Crippen LogP contribution in [0.3, 0.4) is 0 Å². The van der Waals surface area contributed by atoms with E-state index in [0.717, 1.165) is 12.6 Å². The van der Waals surface area contributed by atoms with Crippen LogP contribution in [0.5, 0.6) is 0 Å². The van der Waals surface area contributed by atoms with Crippen LogP contribution in [0.15, 0.2) is 0 Å². The molecule has 1 aliphatic rings. The molecule has 1 fully saturated rings. The van der Waals surface area contributed by atoms with Gasteiger partial charge in [-0.3, -0.25) is 0 Å². The second-order valence-electron chi connectivity index (χ2n) is 3.52. The Morgan fingerprint density at radius 2 is 2.45 bits per heavy atom. The molecule has 1 rings (SSSR count). The molecule has 0 saturated carbocycles. The zero-order chi connectivity index (χ0) is 8.10. The van der Waals surface area contributed by atoms with Crippen LogP contribution in [-0.2, 0) is 0 Å². The molecule has 1 unspecified atom stereocenters. The SMILES string of the molecule is CCC(C)N[C@@H]1CCCNC1. The highest BCUT2D eigenvalue weighted by Gasteiger charge is 2.13. The monoisotopic (exact) mass is 156 g/mol. The topological polar surface area (TPSA) is 24.1 Å². The van der Waals surface area contributed by atoms with Crippen molar-refractivity contribution in [2.24, 2.45) is 0 Å². The molecule has 1 heterocycles. The second-order valence-corrected chi connectivity index (χ2v) is 3.52. The minimum atomic E-state index is 0.680. The van der Waals surface area contributed by atoms with Crippen LogP contribution in [0.4, 0.5) is 0 Å². The number of hydrogen-bond donors (Lipinski definition) is 2. The molecule has 0 aromatic heterocycles. The maximum absolute atomic E-state index is 3.61. The molecule has 2 N–H and O–H groups in total. The van der Waals surface area contributed by atoms with Crippen LogP contribution in [0.2, 0.25) is 0 Å². The summed E-state index contributed by atoms with van der Waals surface area (Å²) in [6, 6.07) is 1.40. The lowest BCUT2D eigenvalue weighted by molar-refractivity contribution is 0.355. The van der Waals surface area contributed by atoms with E-state index in [1.54, 1.807) is 0 Å². The molecule has 0 aromatic rings. The van der Waals surface area contributed by atoms with Crippen LogP contribution < -0.4 is 10.6 Å². The van der Waals surface area contributed by atoms with E-state index in [0.29, 0.717) is 6.04 Å². The van der Waals surface area contributed by atoms with E-state index in [2.05, 4.69) is 24.5 Å². The highest BCUT2D eigenvalue weighted by Crippen LogP contribution is 2.03. The van der Waals surface area contributed by atoms with Crippen molar-refractivity contribution in [2.75, 3.05) is 13.1 Å². The zero-order valence-electron chi connectivity index (χ0n) is 7.69. The number of piperidine rings is 1. The molecule has 0 amide bonds. The lowest BCUT2D eigenvalue weighted by Gasteiger charge is -2.26. The number of hydrogen-bond acceptors (Lipinski definition) is 2. The Hall–Kier alpha value is -0.0800. The molecule has 1 aliphatic heterocycles. The molecule has 0 spiro atoms. The van der Waals surface area contributed by atoms with Crippen molar-refractivity contribution >= 4 is 0 Å². The van der Waals surface area contributed by atoms with Crippen molar-refractivity contribution in [3.8, 4) is 0 Å². The van der Waals surface area contributed by atoms with E-state index in [1.165, 1.54) is 25.8 Å². The van der Waals surface area contributed by atoms with Gasteiger partial charge < -0.3 is 10.6 Å². The van der Waals surface area contributed by atoms with Crippen molar-refractivity contribution in [1.82, 2.24) is 10.6 Å². The molecule has 0 bridgehead atoms. The fourth-order valence-electron chi connectivity index (χ4n) is 1.51. The van der Waals surface area contributed by atoms with E-state index < -0.39 is 0 Å². The first-order chi connectivity index (χ1) is 5.33. The Kier molecular flexibility index (Phi) is 3.87. The Morgan fingerprint density at radius 1 is 1.64 bits per heavy atom. The van der Waals surface area contributed by atoms with Gasteiger partial charge >= 0.3 is 0 Å². The first-order valence-corrected chi connectivity index (χ1v) is 4.79. The Bertz CT molecular complexity index is 97.7. The summed E-state index contributed by atoms with van der Waals surface area (Å²) in [4.78, 5) is 0. The molecule has 0 aliphatic carbocycles. The quantitative estimate of drug-likeness (QED) is 0.640. The average Bonchev–Trinajstić information content (AvgIpc) is 2.06. The van der Waals surface area contributed by atoms with Crippen molar-refractivity contribution in [3.63, 3.8) is 0 Å². The number of nitrogens with one attached hydrogen (secondary N) is 2. The molecule has 66 valence electrons. The van der Waals surface area contributed by atoms with Crippen LogP contribution in [0.1, 0.15) is 33.1 Å². The van der Waals surface area contributed by atoms with E-state index in [9.17, 15) is 0 Å². The van der Waals surface area contributed by atoms with Gasteiger partial charge in [-0.2, -0.15) is 0 Å². The fraction of sp³-hybridized carbons (Fsp3) is 1.00. The van der Waals surface area contributed by atoms with Crippen LogP contribution in [-0.4, -0.2) is 25.2 Å². The van der Waals surface area contributed by atoms with Gasteiger partial charge in [-0.15, -0.1) is 0 Å². The van der Waals surface area contributed by atoms with Gasteiger partial charge in [0, 0.05) is 18.6 Å². The molecule has 0 radical (unpaired) electrons. The lowest BCUT2D eigenvalue weighted by Crippen LogP contribution is -2.46. The first kappa shape index (κ1) is 9.01. The van der Waals surface area contributed by atoms with Gasteiger partial charge in [0.15, 0.2) is 0 Å². The summed E-state index contributed by atoms with van der Waals surface area (Å²) in [5, 5.41) is 7.01. The van der Waals surface area contributed by atoms with Gasteiger partial charge in [-0.25, -0.2) is 0 Å². The second kappa shape index (κ2) is 4.73. The molecule has 0 aromatic carbocycles. The predicted molar refractivity (Wildman–Crippen MR) is 48.8 cm³/mol. The zero-order valence-corrected chi connectivity index (χ0v) is 7.69. The van der Waals surface area contributed by atoms with Gasteiger partial charge in [0.25, 0.3) is 0 Å². The molecular formula is C9H20N2. The van der Waals surface area contributed by atoms with E-state index in [-0.39, 0.29) is 0 Å². The summed E-state index contributed by atoms with van der Waals surface area (Å²) in [5.74, 6) is 0. The minimum absolute atomic E-state index is 0.680. The van der Waals surface area contributed by atoms with Crippen molar-refractivity contribution < 1.29 is 0 Å². The first-order valence-electron chi connectivity index (χ1n) is 4.79. The average molecular weight is 156 g/mol.